The second-order valence-corrected chi connectivity index (χ2v) is 8.02. The Balaban J connectivity index is 1.44. The van der Waals surface area contributed by atoms with E-state index in [4.69, 9.17) is 4.74 Å². The molecule has 2 aromatic heterocycles. The van der Waals surface area contributed by atoms with Crippen molar-refractivity contribution in [2.24, 2.45) is 0 Å². The molecule has 0 saturated carbocycles. The summed E-state index contributed by atoms with van der Waals surface area (Å²) in [5.74, 6) is 0.317. The van der Waals surface area contributed by atoms with E-state index in [1.807, 2.05) is 25.1 Å². The Morgan fingerprint density at radius 3 is 2.87 bits per heavy atom. The lowest BCUT2D eigenvalue weighted by atomic mass is 10.1. The molecule has 0 spiro atoms. The van der Waals surface area contributed by atoms with Gasteiger partial charge >= 0.3 is 6.03 Å². The van der Waals surface area contributed by atoms with Crippen LogP contribution in [0.2, 0.25) is 0 Å². The Labute approximate surface area is 182 Å². The van der Waals surface area contributed by atoms with E-state index in [0.717, 1.165) is 21.3 Å². The third-order valence-electron chi connectivity index (χ3n) is 4.84. The fourth-order valence-electron chi connectivity index (χ4n) is 3.19. The first-order chi connectivity index (χ1) is 14.4. The van der Waals surface area contributed by atoms with Gasteiger partial charge in [0, 0.05) is 36.0 Å². The van der Waals surface area contributed by atoms with Crippen molar-refractivity contribution in [3.8, 4) is 5.75 Å². The Bertz CT molecular complexity index is 1100. The number of hydrogen-bond acceptors (Lipinski definition) is 5. The van der Waals surface area contributed by atoms with Crippen molar-refractivity contribution in [2.75, 3.05) is 18.6 Å². The molecule has 0 bridgehead atoms. The zero-order chi connectivity index (χ0) is 21.3. The molecule has 1 N–H and O–H groups in total. The van der Waals surface area contributed by atoms with Gasteiger partial charge in [0.1, 0.15) is 18.4 Å². The molecule has 9 heteroatoms. The van der Waals surface area contributed by atoms with Crippen LogP contribution in [-0.2, 0) is 11.2 Å². The van der Waals surface area contributed by atoms with Crippen LogP contribution >= 0.6 is 15.9 Å². The maximum atomic E-state index is 12.8. The topological polar surface area (TPSA) is 89.4 Å². The van der Waals surface area contributed by atoms with Crippen LogP contribution in [0.25, 0.3) is 0 Å². The molecule has 1 aromatic carbocycles. The van der Waals surface area contributed by atoms with Gasteiger partial charge < -0.3 is 15.0 Å². The summed E-state index contributed by atoms with van der Waals surface area (Å²) in [4.78, 5) is 31.3. The Hall–Kier alpha value is -3.20. The van der Waals surface area contributed by atoms with E-state index < -0.39 is 12.1 Å². The van der Waals surface area contributed by atoms with Gasteiger partial charge in [-0.2, -0.15) is 9.78 Å². The molecule has 0 aliphatic carbocycles. The van der Waals surface area contributed by atoms with E-state index in [1.165, 1.54) is 9.58 Å². The number of benzene rings is 1. The molecule has 2 amide bonds. The quantitative estimate of drug-likeness (QED) is 0.636. The predicted octanol–water partition coefficient (Wildman–Crippen LogP) is 2.92. The molecule has 3 heterocycles. The lowest BCUT2D eigenvalue weighted by molar-refractivity contribution is -0.120. The number of nitrogens with one attached hydrogen (secondary N) is 1. The average molecular weight is 470 g/mol. The van der Waals surface area contributed by atoms with Crippen molar-refractivity contribution >= 4 is 33.6 Å². The van der Waals surface area contributed by atoms with Crippen LogP contribution in [0, 0.1) is 6.92 Å². The van der Waals surface area contributed by atoms with E-state index in [1.54, 1.807) is 37.8 Å². The molecule has 1 aliphatic heterocycles. The zero-order valence-corrected chi connectivity index (χ0v) is 18.1. The monoisotopic (exact) mass is 469 g/mol. The Kier molecular flexibility index (Phi) is 5.54. The van der Waals surface area contributed by atoms with Gasteiger partial charge in [0.15, 0.2) is 0 Å². The van der Waals surface area contributed by atoms with Crippen LogP contribution in [0.4, 0.5) is 10.5 Å². The van der Waals surface area contributed by atoms with Crippen molar-refractivity contribution in [1.29, 1.82) is 0 Å². The van der Waals surface area contributed by atoms with Gasteiger partial charge in [-0.15, -0.1) is 0 Å². The third-order valence-corrected chi connectivity index (χ3v) is 5.33. The van der Waals surface area contributed by atoms with Gasteiger partial charge in [-0.25, -0.2) is 4.79 Å². The number of aromatic nitrogens is 3. The summed E-state index contributed by atoms with van der Waals surface area (Å²) in [5.41, 5.74) is 3.48. The summed E-state index contributed by atoms with van der Waals surface area (Å²) >= 11 is 3.40. The molecule has 30 heavy (non-hydrogen) atoms. The molecule has 8 nitrogen and oxygen atoms in total. The van der Waals surface area contributed by atoms with Gasteiger partial charge in [-0.05, 0) is 42.3 Å². The lowest BCUT2D eigenvalue weighted by Gasteiger charge is -2.20. The van der Waals surface area contributed by atoms with Crippen molar-refractivity contribution in [3.05, 3.63) is 70.2 Å². The van der Waals surface area contributed by atoms with E-state index in [-0.39, 0.29) is 12.5 Å². The number of anilines is 1. The fraction of sp³-hybridized carbons (Fsp3) is 0.238. The number of nitrogens with zero attached hydrogens (tertiary/aromatic N) is 4. The largest absolute Gasteiger partial charge is 0.489 e. The van der Waals surface area contributed by atoms with Crippen molar-refractivity contribution < 1.29 is 14.3 Å². The van der Waals surface area contributed by atoms with Crippen molar-refractivity contribution in [2.45, 2.75) is 19.4 Å². The first-order valence-electron chi connectivity index (χ1n) is 9.36. The molecule has 1 atom stereocenters. The summed E-state index contributed by atoms with van der Waals surface area (Å²) in [6.45, 7) is 1.96. The lowest BCUT2D eigenvalue weighted by Crippen LogP contribution is -2.50. The number of carbonyl (C=O) groups is 2. The summed E-state index contributed by atoms with van der Waals surface area (Å²) in [6, 6.07) is 8.04. The second-order valence-electron chi connectivity index (χ2n) is 7.10. The first kappa shape index (κ1) is 20.1. The van der Waals surface area contributed by atoms with Crippen LogP contribution < -0.4 is 15.0 Å². The van der Waals surface area contributed by atoms with Gasteiger partial charge in [-0.3, -0.25) is 9.78 Å². The third kappa shape index (κ3) is 4.20. The molecule has 0 unspecified atom stereocenters. The highest BCUT2D eigenvalue weighted by Gasteiger charge is 2.31. The number of aryl methyl sites for hydroxylation is 1. The van der Waals surface area contributed by atoms with E-state index >= 15 is 0 Å². The molecule has 154 valence electrons. The number of carbonyl (C=O) groups excluding carboxylic acids is 2. The number of likely N-dealkylation sites (N-methyl/N-ethyl adjacent to an activating group) is 1. The molecule has 3 aromatic rings. The van der Waals surface area contributed by atoms with E-state index in [0.29, 0.717) is 17.9 Å². The van der Waals surface area contributed by atoms with Crippen molar-refractivity contribution in [3.63, 3.8) is 0 Å². The van der Waals surface area contributed by atoms with Crippen LogP contribution in [0.5, 0.6) is 5.75 Å². The van der Waals surface area contributed by atoms with Gasteiger partial charge in [0.05, 0.1) is 11.9 Å². The molecule has 0 radical (unpaired) electrons. The highest BCUT2D eigenvalue weighted by Crippen LogP contribution is 2.33. The minimum absolute atomic E-state index is 0.0344. The number of hydrogen-bond donors (Lipinski definition) is 1. The number of fused-ring (bicyclic) bond motifs is 1. The van der Waals surface area contributed by atoms with Crippen molar-refractivity contribution in [1.82, 2.24) is 20.1 Å². The Morgan fingerprint density at radius 1 is 1.27 bits per heavy atom. The predicted molar refractivity (Wildman–Crippen MR) is 115 cm³/mol. The van der Waals surface area contributed by atoms with Gasteiger partial charge in [0.25, 0.3) is 5.91 Å². The fourth-order valence-corrected chi connectivity index (χ4v) is 3.54. The summed E-state index contributed by atoms with van der Waals surface area (Å²) in [7, 11) is 1.66. The maximum absolute atomic E-state index is 12.8. The molecular formula is C21H20BrN5O3. The van der Waals surface area contributed by atoms with Gasteiger partial charge in [-0.1, -0.05) is 22.0 Å². The SMILES string of the molecule is Cc1ccc(Cc2cnn(C(=O)N[C@H]3COc4ccc(Br)cc4N(C)C3=O)c2)cn1. The number of ether oxygens (including phenoxy) is 1. The standard InChI is InChI=1S/C21H20BrN5O3/c1-13-3-4-14(9-23-13)7-15-10-24-27(11-15)21(29)25-17-12-30-19-6-5-16(22)8-18(19)26(2)20(17)28/h3-6,8-11,17H,7,12H2,1-2H3,(H,25,29)/t17-/m0/s1. The maximum Gasteiger partial charge on any atom is 0.342 e. The normalized spacial score (nSPS) is 15.9. The summed E-state index contributed by atoms with van der Waals surface area (Å²) < 4.78 is 7.78. The zero-order valence-electron chi connectivity index (χ0n) is 16.5. The van der Waals surface area contributed by atoms with E-state index in [9.17, 15) is 9.59 Å². The molecule has 0 fully saturated rings. The molecule has 1 aliphatic rings. The Morgan fingerprint density at radius 2 is 2.10 bits per heavy atom. The smallest absolute Gasteiger partial charge is 0.342 e. The number of rotatable bonds is 3. The van der Waals surface area contributed by atoms with Gasteiger partial charge in [0.2, 0.25) is 0 Å². The molecule has 4 rings (SSSR count). The minimum Gasteiger partial charge on any atom is -0.489 e. The molecular weight excluding hydrogens is 450 g/mol. The highest BCUT2D eigenvalue weighted by molar-refractivity contribution is 9.10. The number of amides is 2. The highest BCUT2D eigenvalue weighted by atomic mass is 79.9. The van der Waals surface area contributed by atoms with E-state index in [2.05, 4.69) is 31.3 Å². The summed E-state index contributed by atoms with van der Waals surface area (Å²) in [6.07, 6.45) is 5.69. The van der Waals surface area contributed by atoms with Crippen LogP contribution in [0.1, 0.15) is 16.8 Å². The number of pyridine rings is 1. The van der Waals surface area contributed by atoms with Crippen LogP contribution in [-0.4, -0.2) is 46.4 Å². The number of halogens is 1. The first-order valence-corrected chi connectivity index (χ1v) is 10.2. The summed E-state index contributed by atoms with van der Waals surface area (Å²) in [5, 5.41) is 6.84. The second kappa shape index (κ2) is 8.27. The van der Waals surface area contributed by atoms with Crippen LogP contribution in [0.15, 0.2) is 53.4 Å². The minimum atomic E-state index is -0.831. The average Bonchev–Trinajstić information content (AvgIpc) is 3.17. The molecule has 0 saturated heterocycles. The van der Waals surface area contributed by atoms with Crippen LogP contribution in [0.3, 0.4) is 0 Å².